The second-order valence-corrected chi connectivity index (χ2v) is 8.74. The van der Waals surface area contributed by atoms with Crippen molar-refractivity contribution in [3.05, 3.63) is 65.0 Å². The Balaban J connectivity index is 1.30. The molecule has 0 radical (unpaired) electrons. The van der Waals surface area contributed by atoms with E-state index in [4.69, 9.17) is 0 Å². The van der Waals surface area contributed by atoms with Crippen molar-refractivity contribution >= 4 is 11.8 Å². The number of pyridine rings is 1. The Kier molecular flexibility index (Phi) is 6.22. The zero-order chi connectivity index (χ0) is 22.9. The fraction of sp³-hybridized carbons (Fsp3) is 0.458. The average Bonchev–Trinajstić information content (AvgIpc) is 3.12. The maximum atomic E-state index is 12.7. The number of carbonyl (C=O) groups is 2. The van der Waals surface area contributed by atoms with Crippen LogP contribution in [0.15, 0.2) is 42.6 Å². The van der Waals surface area contributed by atoms with Crippen LogP contribution in [0.1, 0.15) is 47.6 Å². The summed E-state index contributed by atoms with van der Waals surface area (Å²) in [6.07, 6.45) is -0.0670. The van der Waals surface area contributed by atoms with E-state index < -0.39 is 11.7 Å². The lowest BCUT2D eigenvalue weighted by Crippen LogP contribution is -2.42. The van der Waals surface area contributed by atoms with Crippen molar-refractivity contribution in [3.8, 4) is 0 Å². The van der Waals surface area contributed by atoms with E-state index in [1.807, 2.05) is 17.0 Å². The minimum Gasteiger partial charge on any atom is -0.345 e. The molecule has 2 saturated heterocycles. The molecule has 2 amide bonds. The number of halogens is 3. The molecule has 0 aliphatic carbocycles. The van der Waals surface area contributed by atoms with Crippen LogP contribution in [-0.4, -0.2) is 53.3 Å². The Morgan fingerprint density at radius 2 is 1.72 bits per heavy atom. The lowest BCUT2D eigenvalue weighted by atomic mass is 9.91. The lowest BCUT2D eigenvalue weighted by Gasteiger charge is -2.33. The van der Waals surface area contributed by atoms with E-state index in [0.29, 0.717) is 32.5 Å². The average molecular weight is 445 g/mol. The van der Waals surface area contributed by atoms with Crippen molar-refractivity contribution in [3.63, 3.8) is 0 Å². The molecule has 0 spiro atoms. The summed E-state index contributed by atoms with van der Waals surface area (Å²) in [5, 5.41) is 0. The molecule has 3 heterocycles. The molecule has 8 heteroatoms. The highest BCUT2D eigenvalue weighted by Gasteiger charge is 2.36. The van der Waals surface area contributed by atoms with Gasteiger partial charge in [0, 0.05) is 50.9 Å². The monoisotopic (exact) mass is 445 g/mol. The number of piperidine rings is 1. The van der Waals surface area contributed by atoms with Crippen LogP contribution in [0.25, 0.3) is 0 Å². The number of nitrogens with zero attached hydrogens (tertiary/aromatic N) is 3. The Bertz CT molecular complexity index is 965. The molecule has 2 aliphatic rings. The van der Waals surface area contributed by atoms with Gasteiger partial charge in [-0.3, -0.25) is 14.6 Å². The summed E-state index contributed by atoms with van der Waals surface area (Å²) in [5.41, 5.74) is 2.07. The van der Waals surface area contributed by atoms with E-state index in [2.05, 4.69) is 4.98 Å². The maximum absolute atomic E-state index is 12.7. The van der Waals surface area contributed by atoms with Crippen molar-refractivity contribution in [2.75, 3.05) is 26.7 Å². The van der Waals surface area contributed by atoms with Crippen molar-refractivity contribution in [1.82, 2.24) is 14.8 Å². The molecule has 32 heavy (non-hydrogen) atoms. The number of hydrogen-bond donors (Lipinski definition) is 0. The third-order valence-corrected chi connectivity index (χ3v) is 6.45. The minimum absolute atomic E-state index is 0.0267. The van der Waals surface area contributed by atoms with Gasteiger partial charge in [-0.15, -0.1) is 0 Å². The molecule has 4 rings (SSSR count). The topological polar surface area (TPSA) is 53.5 Å². The van der Waals surface area contributed by atoms with Crippen LogP contribution >= 0.6 is 0 Å². The van der Waals surface area contributed by atoms with Crippen LogP contribution in [0.4, 0.5) is 13.2 Å². The molecule has 2 aromatic rings. The molecular formula is C24H26F3N3O2. The normalized spacial score (nSPS) is 20.1. The predicted octanol–water partition coefficient (Wildman–Crippen LogP) is 3.88. The van der Waals surface area contributed by atoms with Crippen LogP contribution in [0.3, 0.4) is 0 Å². The van der Waals surface area contributed by atoms with Crippen LogP contribution in [0, 0.1) is 5.92 Å². The number of aromatic nitrogens is 1. The van der Waals surface area contributed by atoms with Crippen molar-refractivity contribution in [2.24, 2.45) is 5.92 Å². The van der Waals surface area contributed by atoms with Gasteiger partial charge < -0.3 is 9.80 Å². The van der Waals surface area contributed by atoms with Gasteiger partial charge in [0.15, 0.2) is 0 Å². The molecule has 0 bridgehead atoms. The number of amides is 2. The second-order valence-electron chi connectivity index (χ2n) is 8.74. The second kappa shape index (κ2) is 8.92. The van der Waals surface area contributed by atoms with E-state index in [9.17, 15) is 22.8 Å². The molecular weight excluding hydrogens is 419 g/mol. The van der Waals surface area contributed by atoms with Gasteiger partial charge in [0.25, 0.3) is 0 Å². The Morgan fingerprint density at radius 1 is 1.06 bits per heavy atom. The third-order valence-electron chi connectivity index (χ3n) is 6.45. The van der Waals surface area contributed by atoms with E-state index in [1.54, 1.807) is 18.1 Å². The predicted molar refractivity (Wildman–Crippen MR) is 113 cm³/mol. The largest absolute Gasteiger partial charge is 0.416 e. The number of benzene rings is 1. The fourth-order valence-corrected chi connectivity index (χ4v) is 4.51. The first-order valence-electron chi connectivity index (χ1n) is 10.8. The van der Waals surface area contributed by atoms with Gasteiger partial charge >= 0.3 is 6.18 Å². The Labute approximate surface area is 185 Å². The first kappa shape index (κ1) is 22.3. The fourth-order valence-electron chi connectivity index (χ4n) is 4.51. The highest BCUT2D eigenvalue weighted by molar-refractivity contribution is 5.89. The third kappa shape index (κ3) is 4.95. The molecule has 1 aromatic heterocycles. The molecule has 0 unspecified atom stereocenters. The first-order valence-corrected chi connectivity index (χ1v) is 10.8. The summed E-state index contributed by atoms with van der Waals surface area (Å²) >= 11 is 0. The maximum Gasteiger partial charge on any atom is 0.416 e. The summed E-state index contributed by atoms with van der Waals surface area (Å²) in [6.45, 7) is 1.82. The van der Waals surface area contributed by atoms with Gasteiger partial charge in [-0.2, -0.15) is 13.2 Å². The van der Waals surface area contributed by atoms with Gasteiger partial charge in [0.1, 0.15) is 0 Å². The van der Waals surface area contributed by atoms with Gasteiger partial charge in [0.05, 0.1) is 11.5 Å². The molecule has 0 N–H and O–H groups in total. The quantitative estimate of drug-likeness (QED) is 0.718. The molecule has 0 saturated carbocycles. The van der Waals surface area contributed by atoms with Gasteiger partial charge in [-0.05, 0) is 48.6 Å². The zero-order valence-electron chi connectivity index (χ0n) is 17.9. The summed E-state index contributed by atoms with van der Waals surface area (Å²) in [7, 11) is 1.73. The molecule has 170 valence electrons. The zero-order valence-corrected chi connectivity index (χ0v) is 17.9. The first-order chi connectivity index (χ1) is 15.2. The van der Waals surface area contributed by atoms with Crippen molar-refractivity contribution in [1.29, 1.82) is 0 Å². The highest BCUT2D eigenvalue weighted by Crippen LogP contribution is 2.30. The van der Waals surface area contributed by atoms with Gasteiger partial charge in [-0.1, -0.05) is 18.2 Å². The number of alkyl halides is 3. The van der Waals surface area contributed by atoms with E-state index in [1.165, 1.54) is 12.1 Å². The molecule has 1 atom stereocenters. The standard InChI is InChI=1S/C24H26F3N3O2/c1-29-15-19(13-22(29)31)23(32)30-10-8-18(9-11-30)21-7-4-17(14-28-21)12-16-2-5-20(6-3-16)24(25,26)27/h2-7,14,18-19H,8-13,15H2,1H3/t19-/m1/s1. The van der Waals surface area contributed by atoms with E-state index in [0.717, 1.165) is 41.8 Å². The Hall–Kier alpha value is -2.90. The number of carbonyl (C=O) groups excluding carboxylic acids is 2. The Morgan fingerprint density at radius 3 is 2.25 bits per heavy atom. The summed E-state index contributed by atoms with van der Waals surface area (Å²) < 4.78 is 38.1. The SMILES string of the molecule is CN1C[C@H](C(=O)N2CCC(c3ccc(Cc4ccc(C(F)(F)F)cc4)cn3)CC2)CC1=O. The van der Waals surface area contributed by atoms with E-state index >= 15 is 0 Å². The van der Waals surface area contributed by atoms with Crippen LogP contribution in [-0.2, 0) is 22.2 Å². The summed E-state index contributed by atoms with van der Waals surface area (Å²) in [4.78, 5) is 32.5. The smallest absolute Gasteiger partial charge is 0.345 e. The molecule has 2 aliphatic heterocycles. The van der Waals surface area contributed by atoms with Crippen LogP contribution in [0.5, 0.6) is 0 Å². The number of rotatable bonds is 4. The van der Waals surface area contributed by atoms with Gasteiger partial charge in [-0.25, -0.2) is 0 Å². The van der Waals surface area contributed by atoms with Crippen molar-refractivity contribution in [2.45, 2.75) is 37.8 Å². The summed E-state index contributed by atoms with van der Waals surface area (Å²) in [5.74, 6) is 0.138. The minimum atomic E-state index is -4.33. The molecule has 1 aromatic carbocycles. The van der Waals surface area contributed by atoms with Crippen molar-refractivity contribution < 1.29 is 22.8 Å². The highest BCUT2D eigenvalue weighted by atomic mass is 19.4. The number of likely N-dealkylation sites (tertiary alicyclic amines) is 2. The van der Waals surface area contributed by atoms with Crippen LogP contribution in [0.2, 0.25) is 0 Å². The van der Waals surface area contributed by atoms with Gasteiger partial charge in [0.2, 0.25) is 11.8 Å². The lowest BCUT2D eigenvalue weighted by molar-refractivity contribution is -0.138. The molecule has 5 nitrogen and oxygen atoms in total. The van der Waals surface area contributed by atoms with Crippen LogP contribution < -0.4 is 0 Å². The number of hydrogen-bond acceptors (Lipinski definition) is 3. The van der Waals surface area contributed by atoms with E-state index in [-0.39, 0.29) is 23.7 Å². The molecule has 2 fully saturated rings. The summed E-state index contributed by atoms with van der Waals surface area (Å²) in [6, 6.07) is 9.15.